The number of pyridine rings is 1. The molecule has 1 spiro atoms. The maximum Gasteiger partial charge on any atom is 0.225 e. The van der Waals surface area contributed by atoms with Crippen molar-refractivity contribution in [3.63, 3.8) is 0 Å². The summed E-state index contributed by atoms with van der Waals surface area (Å²) in [4.78, 5) is 43.1. The minimum atomic E-state index is 0.0629. The topological polar surface area (TPSA) is 105 Å². The Morgan fingerprint density at radius 1 is 0.815 bits per heavy atom. The third kappa shape index (κ3) is 8.00. The van der Waals surface area contributed by atoms with Gasteiger partial charge >= 0.3 is 0 Å². The van der Waals surface area contributed by atoms with E-state index in [1.165, 1.54) is 47.4 Å². The molecule has 0 radical (unpaired) electrons. The van der Waals surface area contributed by atoms with Gasteiger partial charge in [0.2, 0.25) is 11.8 Å². The van der Waals surface area contributed by atoms with Crippen molar-refractivity contribution in [2.75, 3.05) is 67.1 Å². The van der Waals surface area contributed by atoms with E-state index in [4.69, 9.17) is 21.7 Å². The molecule has 1 aliphatic carbocycles. The quantitative estimate of drug-likeness (QED) is 0.159. The number of anilines is 3. The lowest BCUT2D eigenvalue weighted by molar-refractivity contribution is -0.137. The molecule has 5 fully saturated rings. The number of amides is 2. The molecular weight excluding hydrogens is 830 g/mol. The lowest BCUT2D eigenvalue weighted by atomic mass is 9.76. The molecule has 0 bridgehead atoms. The van der Waals surface area contributed by atoms with E-state index >= 15 is 0 Å². The van der Waals surface area contributed by atoms with Gasteiger partial charge in [-0.05, 0) is 124 Å². The van der Waals surface area contributed by atoms with Crippen LogP contribution in [0.2, 0.25) is 5.02 Å². The van der Waals surface area contributed by atoms with Crippen molar-refractivity contribution in [3.05, 3.63) is 100 Å². The fraction of sp³-hybridized carbons (Fsp3) is 0.491. The number of benzene rings is 3. The lowest BCUT2D eigenvalue weighted by Crippen LogP contribution is -2.46. The Bertz CT molecular complexity index is 2660. The number of aromatic nitrogens is 3. The predicted octanol–water partition coefficient (Wildman–Crippen LogP) is 9.37. The van der Waals surface area contributed by atoms with Crippen LogP contribution in [-0.4, -0.2) is 94.8 Å². The van der Waals surface area contributed by atoms with Crippen LogP contribution < -0.4 is 14.7 Å². The Labute approximate surface area is 387 Å². The molecule has 336 valence electrons. The first-order valence-electron chi connectivity index (χ1n) is 24.2. The van der Waals surface area contributed by atoms with Gasteiger partial charge < -0.3 is 24.5 Å². The van der Waals surface area contributed by atoms with Crippen LogP contribution >= 0.6 is 11.6 Å². The molecule has 11 rings (SSSR count). The van der Waals surface area contributed by atoms with E-state index in [0.717, 1.165) is 119 Å². The number of carbonyl (C=O) groups excluding carboxylic acids is 2. The summed E-state index contributed by atoms with van der Waals surface area (Å²) in [5, 5.41) is 17.6. The third-order valence-corrected chi connectivity index (χ3v) is 16.4. The van der Waals surface area contributed by atoms with Gasteiger partial charge in [-0.3, -0.25) is 19.3 Å². The van der Waals surface area contributed by atoms with Crippen molar-refractivity contribution in [2.45, 2.75) is 103 Å². The van der Waals surface area contributed by atoms with Gasteiger partial charge in [0.05, 0.1) is 22.3 Å². The fourth-order valence-electron chi connectivity index (χ4n) is 12.1. The molecule has 65 heavy (non-hydrogen) atoms. The van der Waals surface area contributed by atoms with Crippen molar-refractivity contribution >= 4 is 51.2 Å². The Kier molecular flexibility index (Phi) is 11.0. The Morgan fingerprint density at radius 3 is 2.20 bits per heavy atom. The predicted molar refractivity (Wildman–Crippen MR) is 257 cm³/mol. The number of nitriles is 1. The van der Waals surface area contributed by atoms with E-state index in [1.54, 1.807) is 6.92 Å². The first-order valence-corrected chi connectivity index (χ1v) is 24.6. The molecule has 3 aromatic carbocycles. The molecule has 11 nitrogen and oxygen atoms in total. The fourth-order valence-corrected chi connectivity index (χ4v) is 12.3. The van der Waals surface area contributed by atoms with Gasteiger partial charge in [0.1, 0.15) is 6.07 Å². The standard InChI is InChI=1S/C53H60ClN9O2/c1-35-30-53(34-62(35)44-9-8-40(31-55)48(54)29-44)19-26-59(27-20-53)42-12-10-41(11-13-42)58-21-14-38(15-22-58)52(65)60-23-16-43(17-24-60)63-50-18-25-61(36(2)64)33-47(50)51(57-63)45-5-3-4-39-28-49(37-6-7-37)56-32-46(39)45/h3-5,8-13,28-29,32,35,37-38,43H,6-7,14-27,30,33-34H2,1-2H3. The van der Waals surface area contributed by atoms with Gasteiger partial charge in [-0.25, -0.2) is 0 Å². The highest BCUT2D eigenvalue weighted by atomic mass is 35.5. The van der Waals surface area contributed by atoms with Gasteiger partial charge in [-0.15, -0.1) is 0 Å². The van der Waals surface area contributed by atoms with Gasteiger partial charge in [-0.1, -0.05) is 29.8 Å². The number of rotatable bonds is 7. The minimum Gasteiger partial charge on any atom is -0.371 e. The highest BCUT2D eigenvalue weighted by Crippen LogP contribution is 2.47. The smallest absolute Gasteiger partial charge is 0.225 e. The summed E-state index contributed by atoms with van der Waals surface area (Å²) in [6.07, 6.45) is 12.3. The number of hydrogen-bond acceptors (Lipinski definition) is 8. The SMILES string of the molecule is CC(=O)N1CCc2c(c(-c3cccc4cc(C5CC5)ncc34)nn2C2CCN(C(=O)C3CCN(c4ccc(N5CCC6(CC5)CC(C)N(c5ccc(C#N)c(Cl)c5)C6)cc4)CC3)CC2)C1. The number of likely N-dealkylation sites (tertiary alicyclic amines) is 1. The summed E-state index contributed by atoms with van der Waals surface area (Å²) in [5.41, 5.74) is 10.1. The second-order valence-electron chi connectivity index (χ2n) is 20.1. The van der Waals surface area contributed by atoms with Crippen LogP contribution in [0, 0.1) is 22.7 Å². The van der Waals surface area contributed by atoms with Crippen molar-refractivity contribution in [3.8, 4) is 17.3 Å². The van der Waals surface area contributed by atoms with Crippen LogP contribution in [-0.2, 0) is 22.6 Å². The van der Waals surface area contributed by atoms with Crippen LogP contribution in [0.5, 0.6) is 0 Å². The van der Waals surface area contributed by atoms with Crippen LogP contribution in [0.4, 0.5) is 17.1 Å². The van der Waals surface area contributed by atoms with Crippen molar-refractivity contribution < 1.29 is 9.59 Å². The van der Waals surface area contributed by atoms with Gasteiger partial charge in [0.25, 0.3) is 0 Å². The first-order chi connectivity index (χ1) is 31.6. The Hall–Kier alpha value is -5.60. The van der Waals surface area contributed by atoms with Gasteiger partial charge in [0.15, 0.2) is 0 Å². The van der Waals surface area contributed by atoms with Gasteiger partial charge in [0, 0.05) is 141 Å². The number of carbonyl (C=O) groups is 2. The average molecular weight is 891 g/mol. The molecule has 4 saturated heterocycles. The number of fused-ring (bicyclic) bond motifs is 2. The van der Waals surface area contributed by atoms with E-state index in [0.29, 0.717) is 47.0 Å². The summed E-state index contributed by atoms with van der Waals surface area (Å²) < 4.78 is 2.28. The normalized spacial score (nSPS) is 21.6. The summed E-state index contributed by atoms with van der Waals surface area (Å²) in [6, 6.07) is 26.5. The number of hydrogen-bond donors (Lipinski definition) is 0. The monoisotopic (exact) mass is 889 g/mol. The highest BCUT2D eigenvalue weighted by Gasteiger charge is 2.44. The number of halogens is 1. The molecule has 0 N–H and O–H groups in total. The van der Waals surface area contributed by atoms with Crippen molar-refractivity contribution in [1.29, 1.82) is 5.26 Å². The Balaban J connectivity index is 0.690. The summed E-state index contributed by atoms with van der Waals surface area (Å²) in [6.45, 7) is 11.7. The molecule has 1 unspecified atom stereocenters. The molecule has 7 heterocycles. The molecule has 2 amide bonds. The van der Waals surface area contributed by atoms with Crippen LogP contribution in [0.1, 0.15) is 106 Å². The summed E-state index contributed by atoms with van der Waals surface area (Å²) in [5.74, 6) is 1.07. The Morgan fingerprint density at radius 2 is 1.52 bits per heavy atom. The third-order valence-electron chi connectivity index (χ3n) is 16.1. The molecule has 2 aromatic heterocycles. The lowest BCUT2D eigenvalue weighted by Gasteiger charge is -2.41. The second-order valence-corrected chi connectivity index (χ2v) is 20.5. The number of nitrogens with zero attached hydrogens (tertiary/aromatic N) is 9. The van der Waals surface area contributed by atoms with Crippen LogP contribution in [0.15, 0.2) is 72.9 Å². The van der Waals surface area contributed by atoms with Crippen molar-refractivity contribution in [1.82, 2.24) is 24.6 Å². The minimum absolute atomic E-state index is 0.0629. The van der Waals surface area contributed by atoms with E-state index < -0.39 is 0 Å². The molecule has 1 saturated carbocycles. The van der Waals surface area contributed by atoms with E-state index in [1.807, 2.05) is 29.3 Å². The maximum atomic E-state index is 14.0. The molecule has 5 aliphatic heterocycles. The van der Waals surface area contributed by atoms with Crippen LogP contribution in [0.25, 0.3) is 22.0 Å². The van der Waals surface area contributed by atoms with E-state index in [-0.39, 0.29) is 17.9 Å². The zero-order valence-corrected chi connectivity index (χ0v) is 38.6. The summed E-state index contributed by atoms with van der Waals surface area (Å²) in [7, 11) is 0. The molecule has 6 aliphatic rings. The van der Waals surface area contributed by atoms with Crippen molar-refractivity contribution in [2.24, 2.45) is 11.3 Å². The van der Waals surface area contributed by atoms with E-state index in [9.17, 15) is 14.9 Å². The summed E-state index contributed by atoms with van der Waals surface area (Å²) >= 11 is 6.42. The largest absolute Gasteiger partial charge is 0.371 e. The first kappa shape index (κ1) is 42.1. The highest BCUT2D eigenvalue weighted by molar-refractivity contribution is 6.32. The number of piperidine rings is 3. The van der Waals surface area contributed by atoms with Crippen LogP contribution in [0.3, 0.4) is 0 Å². The second kappa shape index (κ2) is 17.0. The van der Waals surface area contributed by atoms with Gasteiger partial charge in [-0.2, -0.15) is 10.4 Å². The molecule has 1 atom stereocenters. The molecule has 12 heteroatoms. The average Bonchev–Trinajstić information content (AvgIpc) is 4.06. The zero-order valence-electron chi connectivity index (χ0n) is 37.9. The maximum absolute atomic E-state index is 14.0. The van der Waals surface area contributed by atoms with E-state index in [2.05, 4.69) is 85.8 Å². The molecular formula is C53H60ClN9O2. The molecule has 5 aromatic rings. The zero-order chi connectivity index (χ0) is 44.4.